The number of nitrogens with one attached hydrogen (secondary N) is 1. The van der Waals surface area contributed by atoms with Gasteiger partial charge in [0.15, 0.2) is 0 Å². The van der Waals surface area contributed by atoms with Gasteiger partial charge in [0.2, 0.25) is 5.91 Å². The second-order valence-corrected chi connectivity index (χ2v) is 21.4. The SMILES string of the molecule is CCCCCCCCCCCCCC/C=C/C(O)C(CO)NC(=O)CCCCCCCCC/C=C\C/C=C\CCCCCCCCCCCOC(=O)CCCCCCCCCCCCCCCCCC. The lowest BCUT2D eigenvalue weighted by atomic mass is 10.0. The quantitative estimate of drug-likeness (QED) is 0.0321. The van der Waals surface area contributed by atoms with E-state index in [1.165, 1.54) is 250 Å². The summed E-state index contributed by atoms with van der Waals surface area (Å²) in [6.07, 6.45) is 74.7. The van der Waals surface area contributed by atoms with Gasteiger partial charge in [0, 0.05) is 12.8 Å². The number of aliphatic hydroxyl groups is 2. The van der Waals surface area contributed by atoms with Crippen molar-refractivity contribution >= 4 is 11.9 Å². The van der Waals surface area contributed by atoms with Crippen LogP contribution in [0.2, 0.25) is 0 Å². The Hall–Kier alpha value is -1.92. The molecular weight excluding hydrogens is 863 g/mol. The van der Waals surface area contributed by atoms with E-state index in [4.69, 9.17) is 4.74 Å². The molecule has 412 valence electrons. The summed E-state index contributed by atoms with van der Waals surface area (Å²) in [7, 11) is 0. The molecule has 0 aliphatic carbocycles. The summed E-state index contributed by atoms with van der Waals surface area (Å²) in [6, 6.07) is -0.635. The first-order valence-corrected chi connectivity index (χ1v) is 31.3. The van der Waals surface area contributed by atoms with Crippen molar-refractivity contribution in [3.8, 4) is 0 Å². The van der Waals surface area contributed by atoms with E-state index in [2.05, 4.69) is 43.5 Å². The highest BCUT2D eigenvalue weighted by Gasteiger charge is 2.18. The third-order valence-corrected chi connectivity index (χ3v) is 14.4. The highest BCUT2D eigenvalue weighted by Crippen LogP contribution is 2.17. The molecule has 0 rings (SSSR count). The molecule has 0 saturated heterocycles. The summed E-state index contributed by atoms with van der Waals surface area (Å²) >= 11 is 0. The predicted molar refractivity (Wildman–Crippen MR) is 306 cm³/mol. The highest BCUT2D eigenvalue weighted by atomic mass is 16.5. The first-order valence-electron chi connectivity index (χ1n) is 31.3. The predicted octanol–water partition coefficient (Wildman–Crippen LogP) is 19.6. The lowest BCUT2D eigenvalue weighted by Gasteiger charge is -2.20. The van der Waals surface area contributed by atoms with Crippen molar-refractivity contribution in [2.75, 3.05) is 13.2 Å². The third-order valence-electron chi connectivity index (χ3n) is 14.4. The van der Waals surface area contributed by atoms with E-state index in [0.717, 1.165) is 57.8 Å². The zero-order valence-corrected chi connectivity index (χ0v) is 47.0. The van der Waals surface area contributed by atoms with Crippen LogP contribution in [0.25, 0.3) is 0 Å². The van der Waals surface area contributed by atoms with Crippen molar-refractivity contribution < 1.29 is 24.5 Å². The summed E-state index contributed by atoms with van der Waals surface area (Å²) in [5, 5.41) is 23.1. The van der Waals surface area contributed by atoms with Gasteiger partial charge in [-0.3, -0.25) is 9.59 Å². The molecule has 2 unspecified atom stereocenters. The van der Waals surface area contributed by atoms with Crippen LogP contribution in [-0.2, 0) is 14.3 Å². The Kier molecular flexibility index (Phi) is 58.0. The van der Waals surface area contributed by atoms with Gasteiger partial charge >= 0.3 is 5.97 Å². The van der Waals surface area contributed by atoms with Gasteiger partial charge < -0.3 is 20.3 Å². The van der Waals surface area contributed by atoms with E-state index in [-0.39, 0.29) is 18.5 Å². The fourth-order valence-electron chi connectivity index (χ4n) is 9.61. The first-order chi connectivity index (χ1) is 34.5. The summed E-state index contributed by atoms with van der Waals surface area (Å²) in [5.74, 6) is -0.0678. The van der Waals surface area contributed by atoms with E-state index in [1.54, 1.807) is 6.08 Å². The zero-order valence-electron chi connectivity index (χ0n) is 47.0. The molecule has 0 radical (unpaired) electrons. The Balaban J connectivity index is 3.45. The number of carbonyl (C=O) groups is 2. The fourth-order valence-corrected chi connectivity index (χ4v) is 9.61. The largest absolute Gasteiger partial charge is 0.466 e. The number of unbranched alkanes of at least 4 members (excludes halogenated alkanes) is 43. The molecule has 0 bridgehead atoms. The van der Waals surface area contributed by atoms with E-state index < -0.39 is 12.1 Å². The Labute approximate surface area is 436 Å². The van der Waals surface area contributed by atoms with Crippen molar-refractivity contribution in [3.63, 3.8) is 0 Å². The molecule has 3 N–H and O–H groups in total. The third kappa shape index (κ3) is 55.4. The normalized spacial score (nSPS) is 12.8. The lowest BCUT2D eigenvalue weighted by molar-refractivity contribution is -0.143. The number of carbonyl (C=O) groups excluding carboxylic acids is 2. The van der Waals surface area contributed by atoms with Gasteiger partial charge in [-0.05, 0) is 64.2 Å². The van der Waals surface area contributed by atoms with Crippen LogP contribution in [0.1, 0.15) is 335 Å². The van der Waals surface area contributed by atoms with E-state index in [0.29, 0.717) is 19.4 Å². The molecule has 0 aromatic rings. The van der Waals surface area contributed by atoms with Crippen molar-refractivity contribution in [1.29, 1.82) is 0 Å². The second-order valence-electron chi connectivity index (χ2n) is 21.4. The molecule has 0 aliphatic heterocycles. The number of allylic oxidation sites excluding steroid dienone is 5. The van der Waals surface area contributed by atoms with Crippen molar-refractivity contribution in [2.24, 2.45) is 0 Å². The van der Waals surface area contributed by atoms with Crippen LogP contribution in [0, 0.1) is 0 Å². The van der Waals surface area contributed by atoms with Crippen LogP contribution in [-0.4, -0.2) is 47.4 Å². The Morgan fingerprint density at radius 3 is 1.09 bits per heavy atom. The van der Waals surface area contributed by atoms with Crippen molar-refractivity contribution in [2.45, 2.75) is 347 Å². The van der Waals surface area contributed by atoms with Gasteiger partial charge in [0.05, 0.1) is 25.4 Å². The van der Waals surface area contributed by atoms with Crippen LogP contribution >= 0.6 is 0 Å². The van der Waals surface area contributed by atoms with Gasteiger partial charge in [-0.25, -0.2) is 0 Å². The maximum absolute atomic E-state index is 12.4. The van der Waals surface area contributed by atoms with E-state index in [1.807, 2.05) is 6.08 Å². The zero-order chi connectivity index (χ0) is 50.7. The molecule has 0 aliphatic rings. The lowest BCUT2D eigenvalue weighted by Crippen LogP contribution is -2.45. The minimum absolute atomic E-state index is 0.00998. The molecule has 0 fully saturated rings. The van der Waals surface area contributed by atoms with Crippen LogP contribution in [0.5, 0.6) is 0 Å². The molecular formula is C64H121NO5. The van der Waals surface area contributed by atoms with Gasteiger partial charge in [0.25, 0.3) is 0 Å². The molecule has 0 aromatic carbocycles. The van der Waals surface area contributed by atoms with Crippen LogP contribution in [0.3, 0.4) is 0 Å². The summed E-state index contributed by atoms with van der Waals surface area (Å²) < 4.78 is 5.49. The van der Waals surface area contributed by atoms with Crippen molar-refractivity contribution in [3.05, 3.63) is 36.5 Å². The topological polar surface area (TPSA) is 95.9 Å². The van der Waals surface area contributed by atoms with Crippen LogP contribution in [0.15, 0.2) is 36.5 Å². The molecule has 0 heterocycles. The number of aliphatic hydroxyl groups excluding tert-OH is 2. The molecule has 0 saturated carbocycles. The molecule has 70 heavy (non-hydrogen) atoms. The Morgan fingerprint density at radius 1 is 0.400 bits per heavy atom. The van der Waals surface area contributed by atoms with Gasteiger partial charge in [0.1, 0.15) is 0 Å². The average Bonchev–Trinajstić information content (AvgIpc) is 3.36. The standard InChI is InChI=1S/C64H121NO5/c1-3-5-7-9-11-13-15-17-19-30-34-38-42-46-50-54-58-64(69)70-59-55-51-47-43-39-35-31-28-26-24-22-20-21-23-25-27-29-33-37-41-45-49-53-57-63(68)65-61(60-66)62(67)56-52-48-44-40-36-32-18-16-14-12-10-8-6-4-2/h20,22-23,25,52,56,61-62,66-67H,3-19,21,24,26-51,53-55,57-60H2,1-2H3,(H,65,68)/b22-20-,25-23-,56-52+. The first kappa shape index (κ1) is 68.1. The number of rotatable bonds is 58. The summed E-state index contributed by atoms with van der Waals surface area (Å²) in [5.41, 5.74) is 0. The monoisotopic (exact) mass is 984 g/mol. The van der Waals surface area contributed by atoms with Gasteiger partial charge in [-0.1, -0.05) is 294 Å². The molecule has 0 aromatic heterocycles. The molecule has 1 amide bonds. The minimum Gasteiger partial charge on any atom is -0.466 e. The molecule has 2 atom stereocenters. The van der Waals surface area contributed by atoms with Crippen LogP contribution < -0.4 is 5.32 Å². The smallest absolute Gasteiger partial charge is 0.305 e. The Bertz CT molecular complexity index is 1130. The number of amides is 1. The minimum atomic E-state index is -0.851. The van der Waals surface area contributed by atoms with Crippen LogP contribution in [0.4, 0.5) is 0 Å². The number of ether oxygens (including phenoxy) is 1. The number of hydrogen-bond acceptors (Lipinski definition) is 5. The number of esters is 1. The van der Waals surface area contributed by atoms with Gasteiger partial charge in [-0.2, -0.15) is 0 Å². The Morgan fingerprint density at radius 2 is 0.714 bits per heavy atom. The number of hydrogen-bond donors (Lipinski definition) is 3. The molecule has 0 spiro atoms. The van der Waals surface area contributed by atoms with E-state index >= 15 is 0 Å². The summed E-state index contributed by atoms with van der Waals surface area (Å²) in [4.78, 5) is 24.5. The summed E-state index contributed by atoms with van der Waals surface area (Å²) in [6.45, 7) is 4.91. The van der Waals surface area contributed by atoms with Crippen molar-refractivity contribution in [1.82, 2.24) is 5.32 Å². The molecule has 6 heteroatoms. The highest BCUT2D eigenvalue weighted by molar-refractivity contribution is 5.76. The fraction of sp³-hybridized carbons (Fsp3) is 0.875. The molecule has 6 nitrogen and oxygen atoms in total. The second kappa shape index (κ2) is 59.6. The van der Waals surface area contributed by atoms with Gasteiger partial charge in [-0.15, -0.1) is 0 Å². The maximum atomic E-state index is 12.4. The maximum Gasteiger partial charge on any atom is 0.305 e. The average molecular weight is 985 g/mol. The van der Waals surface area contributed by atoms with E-state index in [9.17, 15) is 19.8 Å².